The Kier molecular flexibility index (Phi) is 12.0. The van der Waals surface area contributed by atoms with E-state index >= 15 is 0 Å². The maximum absolute atomic E-state index is 10.6. The summed E-state index contributed by atoms with van der Waals surface area (Å²) in [5.41, 5.74) is 4.77. The van der Waals surface area contributed by atoms with Crippen LogP contribution in [0.25, 0.3) is 10.9 Å². The molecule has 0 amide bonds. The Bertz CT molecular complexity index is 926. The van der Waals surface area contributed by atoms with Crippen molar-refractivity contribution in [2.45, 2.75) is 19.8 Å². The van der Waals surface area contributed by atoms with Gasteiger partial charge in [-0.25, -0.2) is 5.43 Å². The van der Waals surface area contributed by atoms with E-state index < -0.39 is 11.3 Å². The highest BCUT2D eigenvalue weighted by Crippen LogP contribution is 2.37. The second-order valence-corrected chi connectivity index (χ2v) is 8.49. The lowest BCUT2D eigenvalue weighted by Crippen LogP contribution is -2.41. The highest BCUT2D eigenvalue weighted by atomic mass is 32.2. The van der Waals surface area contributed by atoms with Gasteiger partial charge in [0.15, 0.2) is 11.5 Å². The number of hydrazine groups is 1. The molecule has 0 bridgehead atoms. The van der Waals surface area contributed by atoms with Crippen molar-refractivity contribution in [1.82, 2.24) is 15.2 Å². The molecule has 0 radical (unpaired) electrons. The fraction of sp³-hybridized carbons (Fsp3) is 0.545. The molecule has 1 aromatic heterocycles. The molecule has 34 heavy (non-hydrogen) atoms. The number of rotatable bonds is 11. The van der Waals surface area contributed by atoms with Gasteiger partial charge in [0.25, 0.3) is 6.47 Å². The second-order valence-electron chi connectivity index (χ2n) is 7.82. The van der Waals surface area contributed by atoms with Gasteiger partial charge in [0.05, 0.1) is 19.2 Å². The molecule has 2 aromatic rings. The number of pyridine rings is 1. The van der Waals surface area contributed by atoms with Gasteiger partial charge in [-0.3, -0.25) is 14.0 Å². The zero-order valence-corrected chi connectivity index (χ0v) is 20.5. The number of fused-ring (bicyclic) bond motifs is 1. The van der Waals surface area contributed by atoms with E-state index in [4.69, 9.17) is 24.1 Å². The number of piperidine rings is 1. The number of carboxylic acid groups (broad SMARTS) is 1. The molecule has 1 aliphatic rings. The van der Waals surface area contributed by atoms with Gasteiger partial charge in [-0.15, -0.1) is 0 Å². The van der Waals surface area contributed by atoms with E-state index in [2.05, 4.69) is 27.1 Å². The first-order valence-corrected chi connectivity index (χ1v) is 12.0. The van der Waals surface area contributed by atoms with Crippen LogP contribution >= 0.6 is 0 Å². The molecule has 11 nitrogen and oxygen atoms in total. The Morgan fingerprint density at radius 2 is 2.00 bits per heavy atom. The molecule has 1 aromatic carbocycles. The van der Waals surface area contributed by atoms with Crippen molar-refractivity contribution in [3.05, 3.63) is 24.4 Å². The molecule has 190 valence electrons. The number of anilines is 1. The first-order chi connectivity index (χ1) is 16.4. The third kappa shape index (κ3) is 8.06. The van der Waals surface area contributed by atoms with Gasteiger partial charge >= 0.3 is 0 Å². The largest absolute Gasteiger partial charge is 0.759 e. The Labute approximate surface area is 202 Å². The summed E-state index contributed by atoms with van der Waals surface area (Å²) in [6.45, 7) is 5.32. The van der Waals surface area contributed by atoms with Crippen LogP contribution in [0, 0.1) is 11.8 Å². The number of nitrogens with one attached hydrogen (secondary N) is 2. The number of hydrogen-bond acceptors (Lipinski definition) is 9. The van der Waals surface area contributed by atoms with Crippen LogP contribution in [-0.4, -0.2) is 72.4 Å². The van der Waals surface area contributed by atoms with Crippen LogP contribution in [0.2, 0.25) is 0 Å². The molecule has 1 aliphatic heterocycles. The van der Waals surface area contributed by atoms with Gasteiger partial charge in [0.1, 0.15) is 6.61 Å². The number of nitrogens with zero attached hydrogens (tertiary/aromatic N) is 2. The summed E-state index contributed by atoms with van der Waals surface area (Å²) in [5.74, 6) is 2.24. The second kappa shape index (κ2) is 14.7. The molecule has 3 rings (SSSR count). The maximum Gasteiger partial charge on any atom is 0.290 e. The van der Waals surface area contributed by atoms with Gasteiger partial charge in [-0.05, 0) is 36.8 Å². The third-order valence-electron chi connectivity index (χ3n) is 5.81. The van der Waals surface area contributed by atoms with E-state index in [9.17, 15) is 8.76 Å². The van der Waals surface area contributed by atoms with E-state index in [1.54, 1.807) is 14.2 Å². The van der Waals surface area contributed by atoms with Gasteiger partial charge in [0, 0.05) is 61.3 Å². The normalized spacial score (nSPS) is 15.8. The van der Waals surface area contributed by atoms with Crippen LogP contribution in [0.15, 0.2) is 24.4 Å². The van der Waals surface area contributed by atoms with Crippen molar-refractivity contribution in [3.8, 4) is 11.5 Å². The van der Waals surface area contributed by atoms with Crippen molar-refractivity contribution < 1.29 is 32.9 Å². The van der Waals surface area contributed by atoms with Crippen molar-refractivity contribution in [2.75, 3.05) is 52.0 Å². The van der Waals surface area contributed by atoms with Crippen LogP contribution < -0.4 is 24.6 Å². The minimum absolute atomic E-state index is 0.250. The van der Waals surface area contributed by atoms with Gasteiger partial charge < -0.3 is 28.8 Å². The zero-order chi connectivity index (χ0) is 24.9. The molecular weight excluding hydrogens is 464 g/mol. The van der Waals surface area contributed by atoms with Crippen LogP contribution in [0.1, 0.15) is 19.8 Å². The van der Waals surface area contributed by atoms with Gasteiger partial charge in [-0.2, -0.15) is 4.83 Å². The number of benzene rings is 1. The van der Waals surface area contributed by atoms with Crippen LogP contribution in [0.4, 0.5) is 5.69 Å². The Hall–Kier alpha value is -2.51. The lowest BCUT2D eigenvalue weighted by molar-refractivity contribution is -0.122. The molecule has 3 N–H and O–H groups in total. The zero-order valence-electron chi connectivity index (χ0n) is 19.7. The van der Waals surface area contributed by atoms with E-state index in [1.807, 2.05) is 24.4 Å². The van der Waals surface area contributed by atoms with Crippen LogP contribution in [0.5, 0.6) is 11.5 Å². The van der Waals surface area contributed by atoms with Crippen molar-refractivity contribution >= 4 is 34.3 Å². The van der Waals surface area contributed by atoms with Crippen LogP contribution in [-0.2, 0) is 20.8 Å². The summed E-state index contributed by atoms with van der Waals surface area (Å²) in [5, 5.41) is 7.92. The standard InChI is InChI=1S/C21H32N4O5S.CH2O2/c1-15(14-23-24-31(26)27)16-5-8-25(9-6-16)19-4-7-22-18-13-20(29-3)21(12-17(18)19)30-11-10-28-2;2-1-3/h4,7,12-13,15-16,23-24H,5-6,8-11,14H2,1-3H3,(H,26,27);1H,(H,2,3)/p-1. The molecular formula is C22H33N4O7S-. The summed E-state index contributed by atoms with van der Waals surface area (Å²) in [7, 11) is 3.27. The smallest absolute Gasteiger partial charge is 0.290 e. The first kappa shape index (κ1) is 27.7. The van der Waals surface area contributed by atoms with Crippen molar-refractivity contribution in [1.29, 1.82) is 0 Å². The summed E-state index contributed by atoms with van der Waals surface area (Å²) in [4.78, 5) is 17.5. The average molecular weight is 498 g/mol. The SMILES string of the molecule is COCCOc1cc2c(N3CCC(C(C)CNNS(=O)[O-])CC3)ccnc2cc1OC.O=CO. The van der Waals surface area contributed by atoms with Crippen molar-refractivity contribution in [3.63, 3.8) is 0 Å². The minimum Gasteiger partial charge on any atom is -0.759 e. The molecule has 1 fully saturated rings. The minimum atomic E-state index is -2.29. The molecule has 2 atom stereocenters. The fourth-order valence-electron chi connectivity index (χ4n) is 4.06. The number of aromatic nitrogens is 1. The third-order valence-corrected chi connectivity index (χ3v) is 6.12. The van der Waals surface area contributed by atoms with E-state index in [0.717, 1.165) is 42.5 Å². The molecule has 1 saturated heterocycles. The lowest BCUT2D eigenvalue weighted by Gasteiger charge is -2.36. The molecule has 0 saturated carbocycles. The van der Waals surface area contributed by atoms with E-state index in [0.29, 0.717) is 43.1 Å². The Balaban J connectivity index is 0.00000129. The summed E-state index contributed by atoms with van der Waals surface area (Å²) in [6, 6.07) is 5.96. The van der Waals surface area contributed by atoms with Crippen LogP contribution in [0.3, 0.4) is 0 Å². The highest BCUT2D eigenvalue weighted by molar-refractivity contribution is 7.76. The lowest BCUT2D eigenvalue weighted by atomic mass is 9.85. The number of hydrogen-bond donors (Lipinski definition) is 3. The number of methoxy groups -OCH3 is 2. The number of carbonyl (C=O) groups is 1. The summed E-state index contributed by atoms with van der Waals surface area (Å²) < 4.78 is 37.6. The molecule has 0 spiro atoms. The quantitative estimate of drug-likeness (QED) is 0.181. The Morgan fingerprint density at radius 1 is 1.29 bits per heavy atom. The first-order valence-electron chi connectivity index (χ1n) is 10.9. The van der Waals surface area contributed by atoms with Gasteiger partial charge in [0.2, 0.25) is 0 Å². The molecule has 2 heterocycles. The highest BCUT2D eigenvalue weighted by Gasteiger charge is 2.25. The topological polar surface area (TPSA) is 145 Å². The summed E-state index contributed by atoms with van der Waals surface area (Å²) in [6.07, 6.45) is 3.91. The van der Waals surface area contributed by atoms with Crippen molar-refractivity contribution in [2.24, 2.45) is 11.8 Å². The number of ether oxygens (including phenoxy) is 3. The van der Waals surface area contributed by atoms with E-state index in [-0.39, 0.29) is 6.47 Å². The molecule has 12 heteroatoms. The predicted molar refractivity (Wildman–Crippen MR) is 129 cm³/mol. The average Bonchev–Trinajstić information content (AvgIpc) is 2.83. The van der Waals surface area contributed by atoms with E-state index in [1.165, 1.54) is 0 Å². The molecule has 2 unspecified atom stereocenters. The predicted octanol–water partition coefficient (Wildman–Crippen LogP) is 1.71. The Morgan fingerprint density at radius 3 is 2.62 bits per heavy atom. The molecule has 0 aliphatic carbocycles. The summed E-state index contributed by atoms with van der Waals surface area (Å²) >= 11 is -2.29. The maximum atomic E-state index is 10.6. The van der Waals surface area contributed by atoms with Gasteiger partial charge in [-0.1, -0.05) is 6.92 Å². The fourth-order valence-corrected chi connectivity index (χ4v) is 4.26. The monoisotopic (exact) mass is 497 g/mol.